The van der Waals surface area contributed by atoms with Gasteiger partial charge in [0.25, 0.3) is 0 Å². The Morgan fingerprint density at radius 1 is 1.20 bits per heavy atom. The van der Waals surface area contributed by atoms with Gasteiger partial charge in [-0.15, -0.1) is 0 Å². The molecule has 0 aromatic heterocycles. The molecule has 6 heteroatoms. The van der Waals surface area contributed by atoms with Gasteiger partial charge in [-0.3, -0.25) is 9.59 Å². The molecule has 1 heterocycles. The number of hydrogen-bond donors (Lipinski definition) is 1. The average Bonchev–Trinajstić information content (AvgIpc) is 2.49. The number of piperidine rings is 1. The number of hydrogen-bond acceptors (Lipinski definition) is 3. The van der Waals surface area contributed by atoms with Gasteiger partial charge in [0.2, 0.25) is 0 Å². The summed E-state index contributed by atoms with van der Waals surface area (Å²) < 4.78 is 0. The van der Waals surface area contributed by atoms with Crippen LogP contribution in [0.1, 0.15) is 24.8 Å². The van der Waals surface area contributed by atoms with Gasteiger partial charge in [0.1, 0.15) is 0 Å². The van der Waals surface area contributed by atoms with Crippen molar-refractivity contribution >= 4 is 29.6 Å². The first kappa shape index (κ1) is 14.5. The average molecular weight is 294 g/mol. The van der Waals surface area contributed by atoms with E-state index < -0.39 is 11.8 Å². The minimum absolute atomic E-state index is 0.527. The highest BCUT2D eigenvalue weighted by molar-refractivity contribution is 6.35. The van der Waals surface area contributed by atoms with Gasteiger partial charge in [-0.2, -0.15) is 5.10 Å². The fraction of sp³-hybridized carbons (Fsp3) is 0.357. The standard InChI is InChI=1S/C14H16ClN3O2/c15-12-7-3-2-6-11(12)10-16-17-13(19)14(20)18-8-4-1-5-9-18/h2-3,6-7,10H,1,4-5,8-9H2,(H,17,19). The molecule has 0 spiro atoms. The van der Waals surface area contributed by atoms with Crippen molar-refractivity contribution in [1.82, 2.24) is 10.3 Å². The van der Waals surface area contributed by atoms with Crippen molar-refractivity contribution in [2.24, 2.45) is 5.10 Å². The second-order valence-electron chi connectivity index (χ2n) is 4.57. The molecule has 2 rings (SSSR count). The fourth-order valence-electron chi connectivity index (χ4n) is 2.03. The molecule has 106 valence electrons. The Morgan fingerprint density at radius 2 is 1.90 bits per heavy atom. The first-order valence-electron chi connectivity index (χ1n) is 6.55. The molecule has 1 aromatic carbocycles. The molecule has 1 aromatic rings. The van der Waals surface area contributed by atoms with Gasteiger partial charge >= 0.3 is 11.8 Å². The topological polar surface area (TPSA) is 61.8 Å². The lowest BCUT2D eigenvalue weighted by molar-refractivity contribution is -0.146. The van der Waals surface area contributed by atoms with Crippen molar-refractivity contribution in [1.29, 1.82) is 0 Å². The smallest absolute Gasteiger partial charge is 0.329 e. The van der Waals surface area contributed by atoms with E-state index in [4.69, 9.17) is 11.6 Å². The molecule has 1 fully saturated rings. The number of halogens is 1. The lowest BCUT2D eigenvalue weighted by atomic mass is 10.1. The van der Waals surface area contributed by atoms with Crippen LogP contribution >= 0.6 is 11.6 Å². The Balaban J connectivity index is 1.88. The van der Waals surface area contributed by atoms with Crippen molar-refractivity contribution in [3.8, 4) is 0 Å². The van der Waals surface area contributed by atoms with E-state index >= 15 is 0 Å². The molecule has 1 aliphatic rings. The zero-order chi connectivity index (χ0) is 14.4. The van der Waals surface area contributed by atoms with Gasteiger partial charge in [-0.25, -0.2) is 5.43 Å². The van der Waals surface area contributed by atoms with Gasteiger partial charge < -0.3 is 4.90 Å². The number of benzene rings is 1. The molecule has 1 aliphatic heterocycles. The van der Waals surface area contributed by atoms with Crippen molar-refractivity contribution < 1.29 is 9.59 Å². The van der Waals surface area contributed by atoms with E-state index in [-0.39, 0.29) is 0 Å². The first-order chi connectivity index (χ1) is 9.68. The second-order valence-corrected chi connectivity index (χ2v) is 4.98. The van der Waals surface area contributed by atoms with E-state index in [0.717, 1.165) is 19.3 Å². The molecular weight excluding hydrogens is 278 g/mol. The maximum atomic E-state index is 11.8. The Hall–Kier alpha value is -1.88. The Bertz CT molecular complexity index is 525. The summed E-state index contributed by atoms with van der Waals surface area (Å²) in [6.07, 6.45) is 4.42. The predicted molar refractivity (Wildman–Crippen MR) is 77.6 cm³/mol. The van der Waals surface area contributed by atoms with Gasteiger partial charge in [0.15, 0.2) is 0 Å². The number of hydrazone groups is 1. The summed E-state index contributed by atoms with van der Waals surface area (Å²) in [6, 6.07) is 7.11. The van der Waals surface area contributed by atoms with Crippen LogP contribution in [0.3, 0.4) is 0 Å². The summed E-state index contributed by atoms with van der Waals surface area (Å²) in [4.78, 5) is 25.0. The van der Waals surface area contributed by atoms with Gasteiger partial charge in [0, 0.05) is 23.7 Å². The first-order valence-corrected chi connectivity index (χ1v) is 6.93. The summed E-state index contributed by atoms with van der Waals surface area (Å²) in [5.41, 5.74) is 2.92. The molecule has 1 N–H and O–H groups in total. The molecule has 0 saturated carbocycles. The van der Waals surface area contributed by atoms with Crippen LogP contribution in [0.25, 0.3) is 0 Å². The largest absolute Gasteiger partial charge is 0.334 e. The molecule has 0 radical (unpaired) electrons. The Kier molecular flexibility index (Phi) is 5.12. The number of likely N-dealkylation sites (tertiary alicyclic amines) is 1. The molecule has 1 saturated heterocycles. The third kappa shape index (κ3) is 3.81. The summed E-state index contributed by atoms with van der Waals surface area (Å²) in [5.74, 6) is -1.24. The van der Waals surface area contributed by atoms with Crippen molar-refractivity contribution in [2.45, 2.75) is 19.3 Å². The van der Waals surface area contributed by atoms with Crippen molar-refractivity contribution in [2.75, 3.05) is 13.1 Å². The van der Waals surface area contributed by atoms with Crippen molar-refractivity contribution in [3.05, 3.63) is 34.9 Å². The van der Waals surface area contributed by atoms with Crippen LogP contribution in [0.4, 0.5) is 0 Å². The van der Waals surface area contributed by atoms with E-state index in [0.29, 0.717) is 23.7 Å². The number of carbonyl (C=O) groups excluding carboxylic acids is 2. The normalized spacial score (nSPS) is 15.3. The quantitative estimate of drug-likeness (QED) is 0.513. The zero-order valence-corrected chi connectivity index (χ0v) is 11.8. The van der Waals surface area contributed by atoms with E-state index in [1.165, 1.54) is 6.21 Å². The summed E-state index contributed by atoms with van der Waals surface area (Å²) >= 11 is 5.94. The molecule has 0 unspecified atom stereocenters. The molecule has 0 bridgehead atoms. The Labute approximate surface area is 122 Å². The highest BCUT2D eigenvalue weighted by Crippen LogP contribution is 2.12. The third-order valence-corrected chi connectivity index (χ3v) is 3.46. The van der Waals surface area contributed by atoms with Crippen LogP contribution in [0, 0.1) is 0 Å². The molecule has 0 atom stereocenters. The second kappa shape index (κ2) is 7.05. The highest BCUT2D eigenvalue weighted by Gasteiger charge is 2.22. The van der Waals surface area contributed by atoms with E-state index in [1.54, 1.807) is 23.1 Å². The highest BCUT2D eigenvalue weighted by atomic mass is 35.5. The van der Waals surface area contributed by atoms with E-state index in [1.807, 2.05) is 6.07 Å². The summed E-state index contributed by atoms with van der Waals surface area (Å²) in [6.45, 7) is 1.28. The zero-order valence-electron chi connectivity index (χ0n) is 11.0. The maximum absolute atomic E-state index is 11.8. The third-order valence-electron chi connectivity index (χ3n) is 3.11. The monoisotopic (exact) mass is 293 g/mol. The van der Waals surface area contributed by atoms with E-state index in [2.05, 4.69) is 10.5 Å². The number of amides is 2. The Morgan fingerprint density at radius 3 is 2.60 bits per heavy atom. The molecule has 2 amide bonds. The summed E-state index contributed by atoms with van der Waals surface area (Å²) in [7, 11) is 0. The number of rotatable bonds is 2. The SMILES string of the molecule is O=C(NN=Cc1ccccc1Cl)C(=O)N1CCCCC1. The minimum atomic E-state index is -0.713. The van der Waals surface area contributed by atoms with Crippen LogP contribution in [0.5, 0.6) is 0 Å². The lowest BCUT2D eigenvalue weighted by Gasteiger charge is -2.25. The fourth-order valence-corrected chi connectivity index (χ4v) is 2.21. The van der Waals surface area contributed by atoms with Gasteiger partial charge in [-0.1, -0.05) is 29.8 Å². The van der Waals surface area contributed by atoms with Gasteiger partial charge in [-0.05, 0) is 25.3 Å². The molecule has 5 nitrogen and oxygen atoms in total. The summed E-state index contributed by atoms with van der Waals surface area (Å²) in [5, 5.41) is 4.30. The van der Waals surface area contributed by atoms with Crippen LogP contribution in [0.15, 0.2) is 29.4 Å². The molecule has 20 heavy (non-hydrogen) atoms. The minimum Gasteiger partial charge on any atom is -0.334 e. The number of nitrogens with zero attached hydrogens (tertiary/aromatic N) is 2. The van der Waals surface area contributed by atoms with Crippen LogP contribution in [-0.2, 0) is 9.59 Å². The van der Waals surface area contributed by atoms with Gasteiger partial charge in [0.05, 0.1) is 6.21 Å². The van der Waals surface area contributed by atoms with Crippen molar-refractivity contribution in [3.63, 3.8) is 0 Å². The van der Waals surface area contributed by atoms with Crippen LogP contribution in [-0.4, -0.2) is 36.0 Å². The molecular formula is C14H16ClN3O2. The number of carbonyl (C=O) groups is 2. The van der Waals surface area contributed by atoms with Crippen LogP contribution in [0.2, 0.25) is 5.02 Å². The number of nitrogens with one attached hydrogen (secondary N) is 1. The molecule has 0 aliphatic carbocycles. The maximum Gasteiger partial charge on any atom is 0.329 e. The predicted octanol–water partition coefficient (Wildman–Crippen LogP) is 1.80. The van der Waals surface area contributed by atoms with Crippen LogP contribution < -0.4 is 5.43 Å². The van der Waals surface area contributed by atoms with E-state index in [9.17, 15) is 9.59 Å². The lowest BCUT2D eigenvalue weighted by Crippen LogP contribution is -2.43.